The summed E-state index contributed by atoms with van der Waals surface area (Å²) in [4.78, 5) is 89.8. The third-order valence-corrected chi connectivity index (χ3v) is 10.2. The molecule has 0 saturated carbocycles. The van der Waals surface area contributed by atoms with Gasteiger partial charge in [-0.05, 0) is 80.7 Å². The number of nitrogens with two attached hydrogens (primary N) is 7. The minimum Gasteiger partial charge on any atom is -0.508 e. The quantitative estimate of drug-likeness (QED) is 0.0233. The molecule has 0 saturated heterocycles. The number of aromatic hydroxyl groups is 1. The van der Waals surface area contributed by atoms with Crippen LogP contribution in [0.15, 0.2) is 64.6 Å². The summed E-state index contributed by atoms with van der Waals surface area (Å²) in [7, 11) is 0. The van der Waals surface area contributed by atoms with Crippen LogP contribution in [-0.4, -0.2) is 108 Å². The van der Waals surface area contributed by atoms with Crippen molar-refractivity contribution in [3.63, 3.8) is 0 Å². The predicted octanol–water partition coefficient (Wildman–Crippen LogP) is -2.30. The van der Waals surface area contributed by atoms with Crippen molar-refractivity contribution >= 4 is 47.4 Å². The van der Waals surface area contributed by atoms with Gasteiger partial charge in [0.15, 0.2) is 11.9 Å². The van der Waals surface area contributed by atoms with E-state index in [4.69, 9.17) is 40.1 Å². The summed E-state index contributed by atoms with van der Waals surface area (Å²) in [6, 6.07) is 7.89. The van der Waals surface area contributed by atoms with E-state index in [0.29, 0.717) is 43.4 Å². The van der Waals surface area contributed by atoms with E-state index >= 15 is 0 Å². The Bertz CT molecular complexity index is 1820. The molecule has 63 heavy (non-hydrogen) atoms. The SMILES string of the molecule is CC[C@H](C)[C@H](NC(=O)[C@H](CCCN=C(N)N)NC(=O)[C@H](Cc1ccc(O)cc1)NC(=O)[C@H](Cc1ccccc1)NC(=O)[C@@H](N)CCCN=C(N)N)C(=O)N[C@@H](CCCCN)C(N)=O. The fourth-order valence-corrected chi connectivity index (χ4v) is 6.38. The summed E-state index contributed by atoms with van der Waals surface area (Å²) in [6.07, 6.45) is 2.60. The molecular formula is C42H68N14O7. The molecule has 7 atom stereocenters. The normalized spacial score (nSPS) is 14.2. The second-order valence-electron chi connectivity index (χ2n) is 15.4. The Morgan fingerprint density at radius 1 is 0.587 bits per heavy atom. The topological polar surface area (TPSA) is 390 Å². The number of unbranched alkanes of at least 4 members (excludes halogenated alkanes) is 1. The molecule has 0 fully saturated rings. The summed E-state index contributed by atoms with van der Waals surface area (Å²) >= 11 is 0. The van der Waals surface area contributed by atoms with Gasteiger partial charge in [-0.3, -0.25) is 38.8 Å². The third-order valence-electron chi connectivity index (χ3n) is 10.2. The molecule has 2 aromatic rings. The van der Waals surface area contributed by atoms with Crippen molar-refractivity contribution in [2.75, 3.05) is 19.6 Å². The maximum atomic E-state index is 14.4. The van der Waals surface area contributed by atoms with Gasteiger partial charge < -0.3 is 71.8 Å². The van der Waals surface area contributed by atoms with Crippen LogP contribution >= 0.6 is 0 Å². The fraction of sp³-hybridized carbons (Fsp3) is 0.524. The van der Waals surface area contributed by atoms with Crippen LogP contribution < -0.4 is 66.7 Å². The number of amides is 6. The van der Waals surface area contributed by atoms with Gasteiger partial charge in [0.25, 0.3) is 0 Å². The number of hydrogen-bond acceptors (Lipinski definition) is 11. The van der Waals surface area contributed by atoms with Crippen LogP contribution in [0.5, 0.6) is 5.75 Å². The van der Waals surface area contributed by atoms with Gasteiger partial charge in [0, 0.05) is 25.9 Å². The molecule has 348 valence electrons. The maximum Gasteiger partial charge on any atom is 0.243 e. The number of aliphatic imine (C=N–C) groups is 2. The van der Waals surface area contributed by atoms with Crippen LogP contribution in [0.4, 0.5) is 0 Å². The lowest BCUT2D eigenvalue weighted by molar-refractivity contribution is -0.135. The molecule has 0 aliphatic heterocycles. The van der Waals surface area contributed by atoms with Crippen LogP contribution in [0.2, 0.25) is 0 Å². The second kappa shape index (κ2) is 28.2. The number of primary amides is 1. The van der Waals surface area contributed by atoms with E-state index in [-0.39, 0.29) is 69.3 Å². The first-order chi connectivity index (χ1) is 29.9. The van der Waals surface area contributed by atoms with E-state index in [1.807, 2.05) is 6.92 Å². The highest BCUT2D eigenvalue weighted by Crippen LogP contribution is 2.15. The van der Waals surface area contributed by atoms with Crippen molar-refractivity contribution in [1.29, 1.82) is 0 Å². The van der Waals surface area contributed by atoms with Crippen molar-refractivity contribution < 1.29 is 33.9 Å². The number of nitrogens with zero attached hydrogens (tertiary/aromatic N) is 2. The number of rotatable bonds is 29. The van der Waals surface area contributed by atoms with Crippen molar-refractivity contribution in [2.45, 2.75) is 114 Å². The molecule has 2 rings (SSSR count). The van der Waals surface area contributed by atoms with Gasteiger partial charge in [0.2, 0.25) is 35.4 Å². The number of carbonyl (C=O) groups is 6. The number of guanidine groups is 2. The van der Waals surface area contributed by atoms with Gasteiger partial charge in [0.05, 0.1) is 6.04 Å². The lowest BCUT2D eigenvalue weighted by Crippen LogP contribution is -2.60. The highest BCUT2D eigenvalue weighted by Gasteiger charge is 2.34. The molecule has 0 aliphatic rings. The van der Waals surface area contributed by atoms with Gasteiger partial charge in [-0.2, -0.15) is 0 Å². The van der Waals surface area contributed by atoms with E-state index in [1.165, 1.54) is 12.1 Å². The second-order valence-corrected chi connectivity index (χ2v) is 15.4. The zero-order valence-corrected chi connectivity index (χ0v) is 36.3. The van der Waals surface area contributed by atoms with Crippen LogP contribution in [-0.2, 0) is 41.6 Å². The highest BCUT2D eigenvalue weighted by atomic mass is 16.3. The van der Waals surface area contributed by atoms with Crippen molar-refractivity contribution in [2.24, 2.45) is 56.0 Å². The standard InChI is InChI=1S/C42H68N14O7/c1-3-25(2)34(40(63)52-30(35(45)58)14-7-8-20-43)56-37(60)31(15-10-22-51-42(48)49)53-38(61)33(24-27-16-18-28(57)19-17-27)55-39(62)32(23-26-11-5-4-6-12-26)54-36(59)29(44)13-9-21-50-41(46)47/h4-6,11-12,16-19,25,29-34,57H,3,7-10,13-15,20-24,43-44H2,1-2H3,(H2,45,58)(H,52,63)(H,53,61)(H,54,59)(H,55,62)(H,56,60)(H4,46,47,50)(H4,48,49,51)/t25-,29-,30-,31-,32-,33-,34-/m0/s1. The number of hydrogen-bond donors (Lipinski definition) is 13. The average molecular weight is 881 g/mol. The Balaban J connectivity index is 2.47. The van der Waals surface area contributed by atoms with Gasteiger partial charge in [0.1, 0.15) is 36.0 Å². The first-order valence-corrected chi connectivity index (χ1v) is 21.1. The Kier molecular flexibility index (Phi) is 23.6. The molecule has 20 N–H and O–H groups in total. The van der Waals surface area contributed by atoms with Crippen LogP contribution in [0, 0.1) is 5.92 Å². The van der Waals surface area contributed by atoms with Crippen molar-refractivity contribution in [1.82, 2.24) is 26.6 Å². The molecule has 6 amide bonds. The summed E-state index contributed by atoms with van der Waals surface area (Å²) in [6.45, 7) is 4.31. The molecule has 2 aromatic carbocycles. The first-order valence-electron chi connectivity index (χ1n) is 21.1. The monoisotopic (exact) mass is 881 g/mol. The van der Waals surface area contributed by atoms with Gasteiger partial charge >= 0.3 is 0 Å². The summed E-state index contributed by atoms with van der Waals surface area (Å²) < 4.78 is 0. The minimum atomic E-state index is -1.34. The minimum absolute atomic E-state index is 0.000163. The van der Waals surface area contributed by atoms with Crippen molar-refractivity contribution in [3.8, 4) is 5.75 Å². The zero-order valence-electron chi connectivity index (χ0n) is 36.3. The number of phenols is 1. The molecule has 0 spiro atoms. The molecule has 21 heteroatoms. The van der Waals surface area contributed by atoms with Gasteiger partial charge in [-0.1, -0.05) is 62.7 Å². The first kappa shape index (κ1) is 52.7. The molecule has 0 unspecified atom stereocenters. The maximum absolute atomic E-state index is 14.4. The Hall–Kier alpha value is -6.48. The third kappa shape index (κ3) is 20.3. The summed E-state index contributed by atoms with van der Waals surface area (Å²) in [5.41, 5.74) is 40.4. The van der Waals surface area contributed by atoms with E-state index in [1.54, 1.807) is 49.4 Å². The van der Waals surface area contributed by atoms with Crippen LogP contribution in [0.1, 0.15) is 76.3 Å². The Morgan fingerprint density at radius 3 is 1.59 bits per heavy atom. The smallest absolute Gasteiger partial charge is 0.243 e. The van der Waals surface area contributed by atoms with E-state index in [2.05, 4.69) is 36.6 Å². The van der Waals surface area contributed by atoms with Crippen LogP contribution in [0.3, 0.4) is 0 Å². The molecule has 0 bridgehead atoms. The lowest BCUT2D eigenvalue weighted by Gasteiger charge is -2.29. The Labute approximate surface area is 368 Å². The Morgan fingerprint density at radius 2 is 1.06 bits per heavy atom. The number of nitrogens with one attached hydrogen (secondary N) is 5. The van der Waals surface area contributed by atoms with E-state index in [0.717, 1.165) is 0 Å². The van der Waals surface area contributed by atoms with Gasteiger partial charge in [-0.15, -0.1) is 0 Å². The molecule has 0 radical (unpaired) electrons. The van der Waals surface area contributed by atoms with Crippen molar-refractivity contribution in [3.05, 3.63) is 65.7 Å². The largest absolute Gasteiger partial charge is 0.508 e. The molecule has 0 aliphatic carbocycles. The number of benzene rings is 2. The number of carbonyl (C=O) groups excluding carboxylic acids is 6. The molecule has 0 aromatic heterocycles. The molecular weight excluding hydrogens is 813 g/mol. The zero-order chi connectivity index (χ0) is 46.9. The van der Waals surface area contributed by atoms with E-state index in [9.17, 15) is 33.9 Å². The fourth-order valence-electron chi connectivity index (χ4n) is 6.38. The average Bonchev–Trinajstić information content (AvgIpc) is 3.24. The number of phenolic OH excluding ortho intramolecular Hbond substituents is 1. The molecule has 21 nitrogen and oxygen atoms in total. The predicted molar refractivity (Wildman–Crippen MR) is 241 cm³/mol. The summed E-state index contributed by atoms with van der Waals surface area (Å²) in [5, 5.41) is 23.6. The van der Waals surface area contributed by atoms with Gasteiger partial charge in [-0.25, -0.2) is 0 Å². The molecule has 0 heterocycles. The van der Waals surface area contributed by atoms with Crippen LogP contribution in [0.25, 0.3) is 0 Å². The van der Waals surface area contributed by atoms with E-state index < -0.39 is 77.6 Å². The summed E-state index contributed by atoms with van der Waals surface area (Å²) in [5.74, 6) is -4.96. The lowest BCUT2D eigenvalue weighted by atomic mass is 9.96. The highest BCUT2D eigenvalue weighted by molar-refractivity contribution is 5.97.